The lowest BCUT2D eigenvalue weighted by atomic mass is 10.1. The van der Waals surface area contributed by atoms with Crippen molar-refractivity contribution in [3.63, 3.8) is 0 Å². The van der Waals surface area contributed by atoms with Crippen LogP contribution >= 0.6 is 15.9 Å². The van der Waals surface area contributed by atoms with Gasteiger partial charge in [-0.3, -0.25) is 4.79 Å². The van der Waals surface area contributed by atoms with E-state index in [1.54, 1.807) is 6.20 Å². The molecule has 0 spiro atoms. The molecule has 23 heavy (non-hydrogen) atoms. The number of anilines is 1. The fraction of sp³-hybridized carbons (Fsp3) is 0.333. The van der Waals surface area contributed by atoms with E-state index in [1.165, 1.54) is 0 Å². The molecule has 2 aromatic rings. The minimum atomic E-state index is -0.0764. The van der Waals surface area contributed by atoms with Gasteiger partial charge in [0.05, 0.1) is 11.6 Å². The van der Waals surface area contributed by atoms with E-state index in [4.69, 9.17) is 0 Å². The Balaban J connectivity index is 1.78. The SMILES string of the molecule is CC(NC(=O)c1cccnc1N1CCCC1)c1cccc(Br)c1. The summed E-state index contributed by atoms with van der Waals surface area (Å²) in [6.07, 6.45) is 4.07. The van der Waals surface area contributed by atoms with Crippen LogP contribution in [0.1, 0.15) is 41.7 Å². The Morgan fingerprint density at radius 1 is 1.26 bits per heavy atom. The quantitative estimate of drug-likeness (QED) is 0.882. The average molecular weight is 374 g/mol. The molecular formula is C18H20BrN3O. The van der Waals surface area contributed by atoms with Crippen molar-refractivity contribution in [3.05, 3.63) is 58.2 Å². The van der Waals surface area contributed by atoms with Crippen molar-refractivity contribution in [3.8, 4) is 0 Å². The molecule has 1 aromatic carbocycles. The lowest BCUT2D eigenvalue weighted by molar-refractivity contribution is 0.0940. The number of carbonyl (C=O) groups is 1. The Hall–Kier alpha value is -1.88. The summed E-state index contributed by atoms with van der Waals surface area (Å²) in [5.74, 6) is 0.719. The van der Waals surface area contributed by atoms with Crippen molar-refractivity contribution in [2.45, 2.75) is 25.8 Å². The molecule has 1 amide bonds. The molecule has 4 nitrogen and oxygen atoms in total. The summed E-state index contributed by atoms with van der Waals surface area (Å²) in [7, 11) is 0. The van der Waals surface area contributed by atoms with Crippen molar-refractivity contribution >= 4 is 27.7 Å². The first-order valence-electron chi connectivity index (χ1n) is 7.91. The molecule has 0 bridgehead atoms. The van der Waals surface area contributed by atoms with Gasteiger partial charge in [-0.25, -0.2) is 4.98 Å². The minimum absolute atomic E-state index is 0.0633. The monoisotopic (exact) mass is 373 g/mol. The molecule has 1 aliphatic rings. The van der Waals surface area contributed by atoms with Crippen LogP contribution in [0.2, 0.25) is 0 Å². The number of nitrogens with one attached hydrogen (secondary N) is 1. The topological polar surface area (TPSA) is 45.2 Å². The van der Waals surface area contributed by atoms with Gasteiger partial charge in [0.15, 0.2) is 0 Å². The van der Waals surface area contributed by atoms with Crippen LogP contribution in [0.3, 0.4) is 0 Å². The maximum atomic E-state index is 12.7. The summed E-state index contributed by atoms with van der Waals surface area (Å²) < 4.78 is 1.01. The summed E-state index contributed by atoms with van der Waals surface area (Å²) in [5.41, 5.74) is 1.72. The Morgan fingerprint density at radius 3 is 2.78 bits per heavy atom. The number of aromatic nitrogens is 1. The zero-order valence-electron chi connectivity index (χ0n) is 13.1. The molecule has 5 heteroatoms. The number of carbonyl (C=O) groups excluding carboxylic acids is 1. The molecule has 0 radical (unpaired) electrons. The molecular weight excluding hydrogens is 354 g/mol. The molecule has 0 aliphatic carbocycles. The number of nitrogens with zero attached hydrogens (tertiary/aromatic N) is 2. The Kier molecular flexibility index (Phi) is 4.96. The van der Waals surface area contributed by atoms with E-state index >= 15 is 0 Å². The third-order valence-electron chi connectivity index (χ3n) is 4.13. The Labute approximate surface area is 145 Å². The molecule has 1 saturated heterocycles. The summed E-state index contributed by atoms with van der Waals surface area (Å²) >= 11 is 3.47. The van der Waals surface area contributed by atoms with Crippen LogP contribution in [0.15, 0.2) is 47.1 Å². The maximum Gasteiger partial charge on any atom is 0.255 e. The minimum Gasteiger partial charge on any atom is -0.356 e. The highest BCUT2D eigenvalue weighted by Gasteiger charge is 2.21. The van der Waals surface area contributed by atoms with Crippen LogP contribution in [0, 0.1) is 0 Å². The Bertz CT molecular complexity index is 698. The fourth-order valence-corrected chi connectivity index (χ4v) is 3.31. The van der Waals surface area contributed by atoms with Gasteiger partial charge < -0.3 is 10.2 Å². The number of rotatable bonds is 4. The van der Waals surface area contributed by atoms with Gasteiger partial charge in [0.2, 0.25) is 0 Å². The van der Waals surface area contributed by atoms with Crippen LogP contribution in [-0.4, -0.2) is 24.0 Å². The van der Waals surface area contributed by atoms with Crippen molar-refractivity contribution in [1.29, 1.82) is 0 Å². The van der Waals surface area contributed by atoms with Gasteiger partial charge in [-0.1, -0.05) is 28.1 Å². The number of pyridine rings is 1. The van der Waals surface area contributed by atoms with Gasteiger partial charge in [-0.05, 0) is 49.6 Å². The molecule has 120 valence electrons. The first-order valence-corrected chi connectivity index (χ1v) is 8.71. The molecule has 1 unspecified atom stereocenters. The number of amides is 1. The van der Waals surface area contributed by atoms with E-state index in [0.717, 1.165) is 41.8 Å². The molecule has 1 atom stereocenters. The van der Waals surface area contributed by atoms with Gasteiger partial charge in [-0.15, -0.1) is 0 Å². The highest BCUT2D eigenvalue weighted by molar-refractivity contribution is 9.10. The second kappa shape index (κ2) is 7.13. The predicted molar refractivity (Wildman–Crippen MR) is 95.7 cm³/mol. The third-order valence-corrected chi connectivity index (χ3v) is 4.63. The number of benzene rings is 1. The highest BCUT2D eigenvalue weighted by atomic mass is 79.9. The van der Waals surface area contributed by atoms with Crippen LogP contribution < -0.4 is 10.2 Å². The van der Waals surface area contributed by atoms with Crippen molar-refractivity contribution in [1.82, 2.24) is 10.3 Å². The van der Waals surface area contributed by atoms with E-state index in [9.17, 15) is 4.79 Å². The highest BCUT2D eigenvalue weighted by Crippen LogP contribution is 2.23. The normalized spacial score (nSPS) is 15.5. The van der Waals surface area contributed by atoms with Gasteiger partial charge >= 0.3 is 0 Å². The van der Waals surface area contributed by atoms with Gasteiger partial charge in [0.1, 0.15) is 5.82 Å². The lowest BCUT2D eigenvalue weighted by Gasteiger charge is -2.21. The number of hydrogen-bond acceptors (Lipinski definition) is 3. The van der Waals surface area contributed by atoms with E-state index in [1.807, 2.05) is 43.3 Å². The molecule has 1 fully saturated rings. The van der Waals surface area contributed by atoms with Crippen molar-refractivity contribution < 1.29 is 4.79 Å². The van der Waals surface area contributed by atoms with Gasteiger partial charge in [0, 0.05) is 23.8 Å². The van der Waals surface area contributed by atoms with Gasteiger partial charge in [-0.2, -0.15) is 0 Å². The average Bonchev–Trinajstić information content (AvgIpc) is 3.09. The zero-order chi connectivity index (χ0) is 16.2. The zero-order valence-corrected chi connectivity index (χ0v) is 14.7. The molecule has 0 saturated carbocycles. The second-order valence-corrected chi connectivity index (χ2v) is 6.73. The number of hydrogen-bond donors (Lipinski definition) is 1. The smallest absolute Gasteiger partial charge is 0.255 e. The van der Waals surface area contributed by atoms with Crippen molar-refractivity contribution in [2.75, 3.05) is 18.0 Å². The second-order valence-electron chi connectivity index (χ2n) is 5.82. The summed E-state index contributed by atoms with van der Waals surface area (Å²) in [5, 5.41) is 3.08. The fourth-order valence-electron chi connectivity index (χ4n) is 2.89. The van der Waals surface area contributed by atoms with Gasteiger partial charge in [0.25, 0.3) is 5.91 Å². The van der Waals surface area contributed by atoms with E-state index in [-0.39, 0.29) is 11.9 Å². The van der Waals surface area contributed by atoms with E-state index < -0.39 is 0 Å². The summed E-state index contributed by atoms with van der Waals surface area (Å²) in [4.78, 5) is 19.3. The van der Waals surface area contributed by atoms with Crippen molar-refractivity contribution in [2.24, 2.45) is 0 Å². The Morgan fingerprint density at radius 2 is 2.04 bits per heavy atom. The maximum absolute atomic E-state index is 12.7. The summed E-state index contributed by atoms with van der Waals surface area (Å²) in [6, 6.07) is 11.6. The first kappa shape index (κ1) is 16.0. The molecule has 1 aromatic heterocycles. The largest absolute Gasteiger partial charge is 0.356 e. The third kappa shape index (κ3) is 3.72. The molecule has 1 N–H and O–H groups in total. The molecule has 2 heterocycles. The number of halogens is 1. The van der Waals surface area contributed by atoms with E-state index in [2.05, 4.69) is 31.1 Å². The molecule has 1 aliphatic heterocycles. The lowest BCUT2D eigenvalue weighted by Crippen LogP contribution is -2.30. The standard InChI is InChI=1S/C18H20BrN3O/c1-13(14-6-4-7-15(19)12-14)21-18(23)16-8-5-9-20-17(16)22-10-2-3-11-22/h4-9,12-13H,2-3,10-11H2,1H3,(H,21,23). The summed E-state index contributed by atoms with van der Waals surface area (Å²) in [6.45, 7) is 3.93. The van der Waals surface area contributed by atoms with Crippen LogP contribution in [-0.2, 0) is 0 Å². The van der Waals surface area contributed by atoms with Crippen LogP contribution in [0.5, 0.6) is 0 Å². The predicted octanol–water partition coefficient (Wildman–Crippen LogP) is 3.94. The molecule has 3 rings (SSSR count). The van der Waals surface area contributed by atoms with Crippen LogP contribution in [0.4, 0.5) is 5.82 Å². The van der Waals surface area contributed by atoms with Crippen LogP contribution in [0.25, 0.3) is 0 Å². The first-order chi connectivity index (χ1) is 11.1. The van der Waals surface area contributed by atoms with E-state index in [0.29, 0.717) is 5.56 Å².